The molecule has 0 fully saturated rings. The van der Waals surface area contributed by atoms with Gasteiger partial charge in [-0.3, -0.25) is 0 Å². The van der Waals surface area contributed by atoms with Gasteiger partial charge < -0.3 is 5.73 Å². The Labute approximate surface area is 93.7 Å². The van der Waals surface area contributed by atoms with Gasteiger partial charge in [-0.1, -0.05) is 20.8 Å². The molecule has 0 aliphatic heterocycles. The highest BCUT2D eigenvalue weighted by Gasteiger charge is 2.16. The highest BCUT2D eigenvalue weighted by Crippen LogP contribution is 2.18. The van der Waals surface area contributed by atoms with Crippen LogP contribution in [0.25, 0.3) is 0 Å². The molecule has 0 saturated carbocycles. The van der Waals surface area contributed by atoms with Crippen LogP contribution in [0.5, 0.6) is 0 Å². The molecule has 0 amide bonds. The second-order valence-electron chi connectivity index (χ2n) is 5.02. The van der Waals surface area contributed by atoms with Gasteiger partial charge in [-0.2, -0.15) is 0 Å². The van der Waals surface area contributed by atoms with E-state index in [0.717, 1.165) is 12.8 Å². The van der Waals surface area contributed by atoms with Crippen molar-refractivity contribution in [1.82, 2.24) is 4.72 Å². The molecule has 0 heterocycles. The summed E-state index contributed by atoms with van der Waals surface area (Å²) in [5.41, 5.74) is 5.38. The quantitative estimate of drug-likeness (QED) is 0.650. The van der Waals surface area contributed by atoms with Crippen LogP contribution in [0.4, 0.5) is 0 Å². The minimum Gasteiger partial charge on any atom is -0.330 e. The SMILES string of the molecule is CC(C)(C)CCS(=O)(=O)NCCCCN. The molecule has 0 saturated heterocycles. The largest absolute Gasteiger partial charge is 0.330 e. The minimum atomic E-state index is -3.09. The van der Waals surface area contributed by atoms with Gasteiger partial charge >= 0.3 is 0 Å². The Balaban J connectivity index is 3.78. The van der Waals surface area contributed by atoms with E-state index in [1.54, 1.807) is 0 Å². The average Bonchev–Trinajstić information content (AvgIpc) is 2.09. The van der Waals surface area contributed by atoms with Crippen LogP contribution in [0.3, 0.4) is 0 Å². The third kappa shape index (κ3) is 10.2. The summed E-state index contributed by atoms with van der Waals surface area (Å²) >= 11 is 0. The number of hydrogen-bond acceptors (Lipinski definition) is 3. The van der Waals surface area contributed by atoms with Crippen LogP contribution in [0.2, 0.25) is 0 Å². The first-order valence-electron chi connectivity index (χ1n) is 5.44. The van der Waals surface area contributed by atoms with Gasteiger partial charge in [0.05, 0.1) is 5.75 Å². The molecule has 0 rings (SSSR count). The lowest BCUT2D eigenvalue weighted by Gasteiger charge is -2.17. The number of sulfonamides is 1. The summed E-state index contributed by atoms with van der Waals surface area (Å²) in [7, 11) is -3.09. The van der Waals surface area contributed by atoms with Crippen molar-refractivity contribution in [3.8, 4) is 0 Å². The molecular formula is C10H24N2O2S. The topological polar surface area (TPSA) is 72.2 Å². The van der Waals surface area contributed by atoms with E-state index in [2.05, 4.69) is 4.72 Å². The van der Waals surface area contributed by atoms with Crippen molar-refractivity contribution in [3.63, 3.8) is 0 Å². The maximum absolute atomic E-state index is 11.5. The first kappa shape index (κ1) is 14.9. The van der Waals surface area contributed by atoms with E-state index in [-0.39, 0.29) is 11.2 Å². The van der Waals surface area contributed by atoms with Crippen molar-refractivity contribution in [2.24, 2.45) is 11.1 Å². The summed E-state index contributed by atoms with van der Waals surface area (Å²) in [4.78, 5) is 0. The fourth-order valence-corrected chi connectivity index (χ4v) is 2.49. The summed E-state index contributed by atoms with van der Waals surface area (Å²) in [5, 5.41) is 0. The molecule has 0 aromatic heterocycles. The Hall–Kier alpha value is -0.130. The second kappa shape index (κ2) is 6.45. The van der Waals surface area contributed by atoms with E-state index in [1.165, 1.54) is 0 Å². The van der Waals surface area contributed by atoms with Crippen LogP contribution in [0.1, 0.15) is 40.0 Å². The number of rotatable bonds is 7. The zero-order valence-electron chi connectivity index (χ0n) is 10.0. The molecule has 3 N–H and O–H groups in total. The Morgan fingerprint density at radius 3 is 2.27 bits per heavy atom. The maximum atomic E-state index is 11.5. The Kier molecular flexibility index (Phi) is 6.40. The molecule has 0 spiro atoms. The zero-order chi connectivity index (χ0) is 11.9. The standard InChI is InChI=1S/C10H24N2O2S/c1-10(2,3)6-9-15(13,14)12-8-5-4-7-11/h12H,4-9,11H2,1-3H3. The van der Waals surface area contributed by atoms with Gasteiger partial charge in [-0.15, -0.1) is 0 Å². The predicted octanol–water partition coefficient (Wildman–Crippen LogP) is 1.08. The molecule has 0 unspecified atom stereocenters. The van der Waals surface area contributed by atoms with Crippen molar-refractivity contribution < 1.29 is 8.42 Å². The molecule has 15 heavy (non-hydrogen) atoms. The van der Waals surface area contributed by atoms with Gasteiger partial charge in [-0.25, -0.2) is 13.1 Å². The number of hydrogen-bond donors (Lipinski definition) is 2. The van der Waals surface area contributed by atoms with Crippen LogP contribution in [-0.4, -0.2) is 27.3 Å². The van der Waals surface area contributed by atoms with Crippen molar-refractivity contribution in [2.45, 2.75) is 40.0 Å². The monoisotopic (exact) mass is 236 g/mol. The lowest BCUT2D eigenvalue weighted by molar-refractivity contribution is 0.396. The van der Waals surface area contributed by atoms with E-state index in [1.807, 2.05) is 20.8 Å². The van der Waals surface area contributed by atoms with Crippen molar-refractivity contribution in [3.05, 3.63) is 0 Å². The summed E-state index contributed by atoms with van der Waals surface area (Å²) < 4.78 is 25.6. The Bertz CT molecular complexity index is 255. The molecule has 0 aromatic rings. The lowest BCUT2D eigenvalue weighted by atomic mass is 9.94. The van der Waals surface area contributed by atoms with E-state index >= 15 is 0 Å². The second-order valence-corrected chi connectivity index (χ2v) is 6.95. The van der Waals surface area contributed by atoms with Crippen molar-refractivity contribution in [1.29, 1.82) is 0 Å². The van der Waals surface area contributed by atoms with E-state index in [0.29, 0.717) is 19.5 Å². The fourth-order valence-electron chi connectivity index (χ4n) is 1.01. The maximum Gasteiger partial charge on any atom is 0.211 e. The highest BCUT2D eigenvalue weighted by molar-refractivity contribution is 7.89. The molecule has 4 nitrogen and oxygen atoms in total. The highest BCUT2D eigenvalue weighted by atomic mass is 32.2. The first-order chi connectivity index (χ1) is 6.77. The fraction of sp³-hybridized carbons (Fsp3) is 1.00. The number of nitrogens with one attached hydrogen (secondary N) is 1. The number of nitrogens with two attached hydrogens (primary N) is 1. The molecule has 0 atom stereocenters. The molecule has 0 aliphatic rings. The molecule has 0 bridgehead atoms. The molecule has 0 aliphatic carbocycles. The van der Waals surface area contributed by atoms with Crippen LogP contribution >= 0.6 is 0 Å². The molecule has 92 valence electrons. The number of unbranched alkanes of at least 4 members (excludes halogenated alkanes) is 1. The summed E-state index contributed by atoms with van der Waals surface area (Å²) in [6.45, 7) is 7.23. The van der Waals surface area contributed by atoms with Gasteiger partial charge in [0.25, 0.3) is 0 Å². The molecule has 0 radical (unpaired) electrons. The summed E-state index contributed by atoms with van der Waals surface area (Å²) in [6, 6.07) is 0. The summed E-state index contributed by atoms with van der Waals surface area (Å²) in [6.07, 6.45) is 2.35. The van der Waals surface area contributed by atoms with Gasteiger partial charge in [0, 0.05) is 6.54 Å². The van der Waals surface area contributed by atoms with Gasteiger partial charge in [0.1, 0.15) is 0 Å². The molecule has 5 heteroatoms. The third-order valence-corrected chi connectivity index (χ3v) is 3.46. The third-order valence-electron chi connectivity index (χ3n) is 2.07. The van der Waals surface area contributed by atoms with Crippen LogP contribution in [-0.2, 0) is 10.0 Å². The van der Waals surface area contributed by atoms with Gasteiger partial charge in [0.15, 0.2) is 0 Å². The molecule has 0 aromatic carbocycles. The van der Waals surface area contributed by atoms with Crippen LogP contribution in [0, 0.1) is 5.41 Å². The van der Waals surface area contributed by atoms with E-state index < -0.39 is 10.0 Å². The first-order valence-corrected chi connectivity index (χ1v) is 7.09. The Morgan fingerprint density at radius 1 is 1.20 bits per heavy atom. The van der Waals surface area contributed by atoms with Gasteiger partial charge in [0.2, 0.25) is 10.0 Å². The smallest absolute Gasteiger partial charge is 0.211 e. The normalized spacial score (nSPS) is 13.1. The summed E-state index contributed by atoms with van der Waals surface area (Å²) in [5.74, 6) is 0.207. The Morgan fingerprint density at radius 2 is 1.80 bits per heavy atom. The van der Waals surface area contributed by atoms with Crippen molar-refractivity contribution >= 4 is 10.0 Å². The molecular weight excluding hydrogens is 212 g/mol. The van der Waals surface area contributed by atoms with Crippen LogP contribution < -0.4 is 10.5 Å². The average molecular weight is 236 g/mol. The zero-order valence-corrected chi connectivity index (χ0v) is 10.9. The minimum absolute atomic E-state index is 0.0615. The predicted molar refractivity (Wildman–Crippen MR) is 64.1 cm³/mol. The van der Waals surface area contributed by atoms with E-state index in [4.69, 9.17) is 5.73 Å². The van der Waals surface area contributed by atoms with E-state index in [9.17, 15) is 8.42 Å². The van der Waals surface area contributed by atoms with Crippen molar-refractivity contribution in [2.75, 3.05) is 18.8 Å². The van der Waals surface area contributed by atoms with Crippen LogP contribution in [0.15, 0.2) is 0 Å². The van der Waals surface area contributed by atoms with Gasteiger partial charge in [-0.05, 0) is 31.2 Å². The lowest BCUT2D eigenvalue weighted by Crippen LogP contribution is -2.29.